The zero-order valence-electron chi connectivity index (χ0n) is 14.0. The number of hydrogen-bond donors (Lipinski definition) is 1. The van der Waals surface area contributed by atoms with Crippen LogP contribution >= 0.6 is 0 Å². The molecule has 1 amide bonds. The Morgan fingerprint density at radius 3 is 2.26 bits per heavy atom. The Morgan fingerprint density at radius 1 is 0.926 bits per heavy atom. The van der Waals surface area contributed by atoms with Gasteiger partial charge in [0.2, 0.25) is 0 Å². The molecule has 2 aromatic carbocycles. The number of amides is 1. The largest absolute Gasteiger partial charge is 0.423 e. The van der Waals surface area contributed by atoms with Crippen molar-refractivity contribution in [2.75, 3.05) is 0 Å². The predicted molar refractivity (Wildman–Crippen MR) is 97.1 cm³/mol. The quantitative estimate of drug-likeness (QED) is 0.327. The maximum Gasteiger partial charge on any atom is 0.343 e. The minimum Gasteiger partial charge on any atom is -0.423 e. The van der Waals surface area contributed by atoms with Gasteiger partial charge in [0.25, 0.3) is 5.91 Å². The molecular formula is C20H14FN3O3. The second-order valence-corrected chi connectivity index (χ2v) is 5.40. The Kier molecular flexibility index (Phi) is 5.64. The summed E-state index contributed by atoms with van der Waals surface area (Å²) in [4.78, 5) is 27.6. The Hall–Kier alpha value is -3.87. The molecule has 0 aliphatic carbocycles. The van der Waals surface area contributed by atoms with Crippen molar-refractivity contribution in [1.29, 1.82) is 0 Å². The number of esters is 1. The highest BCUT2D eigenvalue weighted by molar-refractivity contribution is 5.94. The molecule has 0 aliphatic rings. The van der Waals surface area contributed by atoms with Gasteiger partial charge in [0.05, 0.1) is 11.8 Å². The number of pyridine rings is 1. The molecule has 0 atom stereocenters. The van der Waals surface area contributed by atoms with Gasteiger partial charge >= 0.3 is 5.97 Å². The van der Waals surface area contributed by atoms with E-state index in [-0.39, 0.29) is 11.5 Å². The van der Waals surface area contributed by atoms with Crippen LogP contribution in [0.2, 0.25) is 0 Å². The number of rotatable bonds is 5. The Labute approximate surface area is 154 Å². The minimum absolute atomic E-state index is 0.251. The van der Waals surface area contributed by atoms with Gasteiger partial charge in [-0.15, -0.1) is 0 Å². The van der Waals surface area contributed by atoms with Crippen LogP contribution < -0.4 is 10.2 Å². The van der Waals surface area contributed by atoms with Crippen molar-refractivity contribution < 1.29 is 18.7 Å². The van der Waals surface area contributed by atoms with Gasteiger partial charge in [-0.3, -0.25) is 9.78 Å². The number of carbonyl (C=O) groups excluding carboxylic acids is 2. The summed E-state index contributed by atoms with van der Waals surface area (Å²) in [6, 6.07) is 14.8. The maximum atomic E-state index is 12.9. The van der Waals surface area contributed by atoms with Crippen LogP contribution in [0.15, 0.2) is 78.2 Å². The van der Waals surface area contributed by atoms with Crippen molar-refractivity contribution in [3.05, 3.63) is 95.6 Å². The summed E-state index contributed by atoms with van der Waals surface area (Å²) in [6.45, 7) is 0. The fourth-order valence-electron chi connectivity index (χ4n) is 2.11. The van der Waals surface area contributed by atoms with E-state index >= 15 is 0 Å². The number of ether oxygens (including phenoxy) is 1. The third-order valence-electron chi connectivity index (χ3n) is 3.49. The van der Waals surface area contributed by atoms with Crippen molar-refractivity contribution in [3.63, 3.8) is 0 Å². The lowest BCUT2D eigenvalue weighted by Gasteiger charge is -2.04. The van der Waals surface area contributed by atoms with Crippen molar-refractivity contribution in [2.24, 2.45) is 5.10 Å². The Morgan fingerprint density at radius 2 is 1.59 bits per heavy atom. The number of nitrogens with zero attached hydrogens (tertiary/aromatic N) is 2. The molecule has 3 rings (SSSR count). The van der Waals surface area contributed by atoms with Crippen LogP contribution in [0.25, 0.3) is 0 Å². The number of hydrogen-bond acceptors (Lipinski definition) is 5. The van der Waals surface area contributed by atoms with Gasteiger partial charge in [-0.1, -0.05) is 0 Å². The molecule has 6 nitrogen and oxygen atoms in total. The number of benzene rings is 2. The van der Waals surface area contributed by atoms with Gasteiger partial charge in [-0.05, 0) is 66.2 Å². The van der Waals surface area contributed by atoms with Crippen LogP contribution in [0.5, 0.6) is 5.75 Å². The molecule has 0 spiro atoms. The van der Waals surface area contributed by atoms with Gasteiger partial charge in [0.15, 0.2) is 0 Å². The number of aromatic nitrogens is 1. The highest BCUT2D eigenvalue weighted by atomic mass is 19.1. The Bertz CT molecular complexity index is 956. The first-order chi connectivity index (χ1) is 13.1. The molecule has 0 saturated heterocycles. The third kappa shape index (κ3) is 5.05. The molecule has 1 aromatic heterocycles. The molecule has 134 valence electrons. The smallest absolute Gasteiger partial charge is 0.343 e. The number of carbonyl (C=O) groups is 2. The molecule has 0 bridgehead atoms. The monoisotopic (exact) mass is 363 g/mol. The van der Waals surface area contributed by atoms with Gasteiger partial charge < -0.3 is 4.74 Å². The number of hydrazone groups is 1. The Balaban J connectivity index is 1.56. The fraction of sp³-hybridized carbons (Fsp3) is 0. The zero-order valence-corrected chi connectivity index (χ0v) is 14.0. The fourth-order valence-corrected chi connectivity index (χ4v) is 2.11. The van der Waals surface area contributed by atoms with Gasteiger partial charge in [0, 0.05) is 18.0 Å². The SMILES string of the molecule is O=C(N/N=C\c1ccc(OC(=O)c2ccc(F)cc2)cc1)c1ccncc1. The van der Waals surface area contributed by atoms with E-state index in [4.69, 9.17) is 4.74 Å². The van der Waals surface area contributed by atoms with E-state index in [9.17, 15) is 14.0 Å². The second kappa shape index (κ2) is 8.48. The van der Waals surface area contributed by atoms with Crippen LogP contribution in [0, 0.1) is 5.82 Å². The molecule has 0 unspecified atom stereocenters. The number of halogens is 1. The van der Waals surface area contributed by atoms with E-state index in [1.54, 1.807) is 36.4 Å². The van der Waals surface area contributed by atoms with Gasteiger partial charge in [-0.2, -0.15) is 5.10 Å². The first-order valence-electron chi connectivity index (χ1n) is 7.93. The molecule has 27 heavy (non-hydrogen) atoms. The highest BCUT2D eigenvalue weighted by Gasteiger charge is 2.08. The molecule has 7 heteroatoms. The normalized spacial score (nSPS) is 10.6. The molecule has 1 N–H and O–H groups in total. The van der Waals surface area contributed by atoms with E-state index in [1.165, 1.54) is 42.9 Å². The summed E-state index contributed by atoms with van der Waals surface area (Å²) in [5, 5.41) is 3.88. The summed E-state index contributed by atoms with van der Waals surface area (Å²) in [6.07, 6.45) is 4.50. The van der Waals surface area contributed by atoms with Crippen molar-refractivity contribution in [1.82, 2.24) is 10.4 Å². The molecule has 0 saturated carbocycles. The minimum atomic E-state index is -0.582. The van der Waals surface area contributed by atoms with Crippen molar-refractivity contribution >= 4 is 18.1 Å². The van der Waals surface area contributed by atoms with Gasteiger partial charge in [-0.25, -0.2) is 14.6 Å². The van der Waals surface area contributed by atoms with Crippen molar-refractivity contribution in [3.8, 4) is 5.75 Å². The van der Waals surface area contributed by atoms with Crippen LogP contribution in [0.1, 0.15) is 26.3 Å². The molecule has 0 radical (unpaired) electrons. The summed E-state index contributed by atoms with van der Waals surface area (Å²) in [5.74, 6) is -1.02. The third-order valence-corrected chi connectivity index (χ3v) is 3.49. The standard InChI is InChI=1S/C20H14FN3O3/c21-17-5-3-16(4-6-17)20(26)27-18-7-1-14(2-8-18)13-23-24-19(25)15-9-11-22-12-10-15/h1-13H,(H,24,25)/b23-13-. The lowest BCUT2D eigenvalue weighted by molar-refractivity contribution is 0.0734. The second-order valence-electron chi connectivity index (χ2n) is 5.40. The average molecular weight is 363 g/mol. The van der Waals surface area contributed by atoms with E-state index in [1.807, 2.05) is 0 Å². The van der Waals surface area contributed by atoms with Crippen LogP contribution in [-0.2, 0) is 0 Å². The van der Waals surface area contributed by atoms with Gasteiger partial charge in [0.1, 0.15) is 11.6 Å². The number of nitrogens with one attached hydrogen (secondary N) is 1. The summed E-state index contributed by atoms with van der Waals surface area (Å²) in [7, 11) is 0. The van der Waals surface area contributed by atoms with E-state index in [0.717, 1.165) is 0 Å². The molecular weight excluding hydrogens is 349 g/mol. The maximum absolute atomic E-state index is 12.9. The summed E-state index contributed by atoms with van der Waals surface area (Å²) in [5.41, 5.74) is 3.81. The average Bonchev–Trinajstić information content (AvgIpc) is 2.70. The van der Waals surface area contributed by atoms with Crippen LogP contribution in [0.4, 0.5) is 4.39 Å². The van der Waals surface area contributed by atoms with E-state index < -0.39 is 11.8 Å². The molecule has 1 heterocycles. The topological polar surface area (TPSA) is 80.6 Å². The summed E-state index contributed by atoms with van der Waals surface area (Å²) < 4.78 is 18.1. The van der Waals surface area contributed by atoms with E-state index in [2.05, 4.69) is 15.5 Å². The highest BCUT2D eigenvalue weighted by Crippen LogP contribution is 2.14. The molecule has 0 aliphatic heterocycles. The van der Waals surface area contributed by atoms with E-state index in [0.29, 0.717) is 16.9 Å². The van der Waals surface area contributed by atoms with Crippen LogP contribution in [0.3, 0.4) is 0 Å². The lowest BCUT2D eigenvalue weighted by atomic mass is 10.2. The lowest BCUT2D eigenvalue weighted by Crippen LogP contribution is -2.17. The predicted octanol–water partition coefficient (Wildman–Crippen LogP) is 3.20. The molecule has 0 fully saturated rings. The zero-order chi connectivity index (χ0) is 19.1. The van der Waals surface area contributed by atoms with Crippen molar-refractivity contribution in [2.45, 2.75) is 0 Å². The summed E-state index contributed by atoms with van der Waals surface area (Å²) >= 11 is 0. The first-order valence-corrected chi connectivity index (χ1v) is 7.93. The van der Waals surface area contributed by atoms with Crippen LogP contribution in [-0.4, -0.2) is 23.1 Å². The molecule has 3 aromatic rings. The first kappa shape index (κ1) is 17.9.